The molecule has 1 aliphatic rings. The summed E-state index contributed by atoms with van der Waals surface area (Å²) in [6.45, 7) is 1.96. The van der Waals surface area contributed by atoms with Crippen LogP contribution in [0.1, 0.15) is 11.1 Å². The Bertz CT molecular complexity index is 1250. The third-order valence-electron chi connectivity index (χ3n) is 5.42. The van der Waals surface area contributed by atoms with Crippen molar-refractivity contribution in [2.75, 3.05) is 31.5 Å². The van der Waals surface area contributed by atoms with Crippen LogP contribution in [0.2, 0.25) is 0 Å². The molecule has 2 amide bonds. The first-order valence-corrected chi connectivity index (χ1v) is 10.3. The molecule has 4 rings (SSSR count). The molecule has 0 radical (unpaired) electrons. The molecule has 7 nitrogen and oxygen atoms in total. The number of aryl methyl sites for hydroxylation is 1. The molecule has 0 aliphatic carbocycles. The standard InChI is InChI=1S/C26H24N2O5/c1-16-9-11-17(12-10-16)23-24(27-19-7-5-6-8-21(19)32-3)26(30)28(25(23)29)20-15-18(31-2)13-14-22(20)33-4/h5-15,27H,1-4H3. The van der Waals surface area contributed by atoms with Gasteiger partial charge in [0.2, 0.25) is 0 Å². The van der Waals surface area contributed by atoms with E-state index in [0.29, 0.717) is 34.2 Å². The number of nitrogens with one attached hydrogen (secondary N) is 1. The lowest BCUT2D eigenvalue weighted by atomic mass is 10.0. The number of carbonyl (C=O) groups excluding carboxylic acids is 2. The highest BCUT2D eigenvalue weighted by atomic mass is 16.5. The third kappa shape index (κ3) is 4.01. The summed E-state index contributed by atoms with van der Waals surface area (Å²) in [5.74, 6) is 0.445. The van der Waals surface area contributed by atoms with Crippen LogP contribution in [-0.4, -0.2) is 33.1 Å². The molecule has 3 aromatic rings. The zero-order valence-corrected chi connectivity index (χ0v) is 18.8. The monoisotopic (exact) mass is 444 g/mol. The van der Waals surface area contributed by atoms with E-state index in [1.165, 1.54) is 14.2 Å². The predicted molar refractivity (Wildman–Crippen MR) is 127 cm³/mol. The second-order valence-electron chi connectivity index (χ2n) is 7.42. The number of para-hydroxylation sites is 2. The summed E-state index contributed by atoms with van der Waals surface area (Å²) in [6, 6.07) is 19.6. The Morgan fingerprint density at radius 2 is 1.45 bits per heavy atom. The second-order valence-corrected chi connectivity index (χ2v) is 7.42. The minimum atomic E-state index is -0.506. The summed E-state index contributed by atoms with van der Waals surface area (Å²) in [4.78, 5) is 28.5. The fourth-order valence-electron chi connectivity index (χ4n) is 3.71. The molecule has 0 bridgehead atoms. The number of carbonyl (C=O) groups is 2. The maximum Gasteiger partial charge on any atom is 0.282 e. The van der Waals surface area contributed by atoms with Gasteiger partial charge in [0.05, 0.1) is 38.3 Å². The first kappa shape index (κ1) is 22.0. The third-order valence-corrected chi connectivity index (χ3v) is 5.42. The number of rotatable bonds is 7. The fourth-order valence-corrected chi connectivity index (χ4v) is 3.71. The van der Waals surface area contributed by atoms with Gasteiger partial charge in [0.25, 0.3) is 11.8 Å². The predicted octanol–water partition coefficient (Wildman–Crippen LogP) is 4.42. The lowest BCUT2D eigenvalue weighted by Gasteiger charge is -2.19. The van der Waals surface area contributed by atoms with Crippen molar-refractivity contribution < 1.29 is 23.8 Å². The van der Waals surface area contributed by atoms with Crippen LogP contribution in [-0.2, 0) is 9.59 Å². The van der Waals surface area contributed by atoms with Gasteiger partial charge in [-0.05, 0) is 36.8 Å². The Morgan fingerprint density at radius 3 is 2.12 bits per heavy atom. The molecule has 7 heteroatoms. The molecule has 168 valence electrons. The molecular formula is C26H24N2O5. The molecular weight excluding hydrogens is 420 g/mol. The van der Waals surface area contributed by atoms with Crippen LogP contribution < -0.4 is 24.4 Å². The molecule has 0 saturated carbocycles. The van der Waals surface area contributed by atoms with Crippen molar-refractivity contribution >= 4 is 28.8 Å². The summed E-state index contributed by atoms with van der Waals surface area (Å²) < 4.78 is 16.2. The summed E-state index contributed by atoms with van der Waals surface area (Å²) in [6.07, 6.45) is 0. The highest BCUT2D eigenvalue weighted by Crippen LogP contribution is 2.40. The van der Waals surface area contributed by atoms with Crippen LogP contribution in [0.25, 0.3) is 5.57 Å². The van der Waals surface area contributed by atoms with Gasteiger partial charge in [-0.1, -0.05) is 42.0 Å². The van der Waals surface area contributed by atoms with Crippen molar-refractivity contribution in [1.82, 2.24) is 0 Å². The van der Waals surface area contributed by atoms with Crippen molar-refractivity contribution in [3.8, 4) is 17.2 Å². The van der Waals surface area contributed by atoms with E-state index in [4.69, 9.17) is 14.2 Å². The van der Waals surface area contributed by atoms with Crippen LogP contribution >= 0.6 is 0 Å². The van der Waals surface area contributed by atoms with E-state index in [1.807, 2.05) is 43.3 Å². The van der Waals surface area contributed by atoms with E-state index in [-0.39, 0.29) is 11.3 Å². The summed E-state index contributed by atoms with van der Waals surface area (Å²) in [5, 5.41) is 3.14. The first-order chi connectivity index (χ1) is 16.0. The van der Waals surface area contributed by atoms with E-state index < -0.39 is 11.8 Å². The van der Waals surface area contributed by atoms with Gasteiger partial charge in [-0.3, -0.25) is 9.59 Å². The second kappa shape index (κ2) is 9.08. The molecule has 1 heterocycles. The molecule has 0 spiro atoms. The average molecular weight is 444 g/mol. The molecule has 1 N–H and O–H groups in total. The van der Waals surface area contributed by atoms with Crippen LogP contribution in [0.3, 0.4) is 0 Å². The molecule has 0 atom stereocenters. The number of hydrogen-bond acceptors (Lipinski definition) is 6. The number of methoxy groups -OCH3 is 3. The van der Waals surface area contributed by atoms with Gasteiger partial charge in [0, 0.05) is 6.07 Å². The number of hydrogen-bond donors (Lipinski definition) is 1. The van der Waals surface area contributed by atoms with Gasteiger partial charge >= 0.3 is 0 Å². The first-order valence-electron chi connectivity index (χ1n) is 10.3. The minimum Gasteiger partial charge on any atom is -0.497 e. The zero-order valence-electron chi connectivity index (χ0n) is 18.8. The van der Waals surface area contributed by atoms with E-state index in [9.17, 15) is 9.59 Å². The number of amides is 2. The van der Waals surface area contributed by atoms with Crippen LogP contribution in [0.5, 0.6) is 17.2 Å². The van der Waals surface area contributed by atoms with E-state index in [1.54, 1.807) is 37.4 Å². The average Bonchev–Trinajstić information content (AvgIpc) is 3.08. The Hall–Kier alpha value is -4.26. The Labute approximate surface area is 192 Å². The number of anilines is 2. The Balaban J connectivity index is 1.87. The van der Waals surface area contributed by atoms with E-state index in [0.717, 1.165) is 10.5 Å². The lowest BCUT2D eigenvalue weighted by molar-refractivity contribution is -0.120. The van der Waals surface area contributed by atoms with Crippen molar-refractivity contribution in [1.29, 1.82) is 0 Å². The topological polar surface area (TPSA) is 77.1 Å². The van der Waals surface area contributed by atoms with Crippen molar-refractivity contribution in [2.45, 2.75) is 6.92 Å². The van der Waals surface area contributed by atoms with Gasteiger partial charge in [0.15, 0.2) is 0 Å². The normalized spacial score (nSPS) is 13.4. The van der Waals surface area contributed by atoms with E-state index >= 15 is 0 Å². The van der Waals surface area contributed by atoms with E-state index in [2.05, 4.69) is 5.32 Å². The van der Waals surface area contributed by atoms with Gasteiger partial charge < -0.3 is 19.5 Å². The maximum absolute atomic E-state index is 13.7. The Kier molecular flexibility index (Phi) is 6.04. The smallest absolute Gasteiger partial charge is 0.282 e. The number of benzene rings is 3. The lowest BCUT2D eigenvalue weighted by Crippen LogP contribution is -2.32. The van der Waals surface area contributed by atoms with Gasteiger partial charge in [0.1, 0.15) is 22.9 Å². The summed E-state index contributed by atoms with van der Waals surface area (Å²) in [7, 11) is 4.55. The highest BCUT2D eigenvalue weighted by Gasteiger charge is 2.41. The molecule has 1 aliphatic heterocycles. The Morgan fingerprint density at radius 1 is 0.758 bits per heavy atom. The van der Waals surface area contributed by atoms with Crippen LogP contribution in [0.15, 0.2) is 72.4 Å². The number of ether oxygens (including phenoxy) is 3. The number of imide groups is 1. The van der Waals surface area contributed by atoms with Gasteiger partial charge in [-0.15, -0.1) is 0 Å². The molecule has 0 aromatic heterocycles. The van der Waals surface area contributed by atoms with Crippen molar-refractivity contribution in [3.63, 3.8) is 0 Å². The SMILES string of the molecule is COc1ccc(OC)c(N2C(=O)C(Nc3ccccc3OC)=C(c3ccc(C)cc3)C2=O)c1. The minimum absolute atomic E-state index is 0.151. The van der Waals surface area contributed by atoms with Gasteiger partial charge in [-0.25, -0.2) is 4.90 Å². The van der Waals surface area contributed by atoms with Crippen LogP contribution in [0.4, 0.5) is 11.4 Å². The fraction of sp³-hybridized carbons (Fsp3) is 0.154. The van der Waals surface area contributed by atoms with Crippen molar-refractivity contribution in [2.24, 2.45) is 0 Å². The quantitative estimate of drug-likeness (QED) is 0.544. The molecule has 3 aromatic carbocycles. The summed E-state index contributed by atoms with van der Waals surface area (Å²) in [5.41, 5.74) is 2.95. The highest BCUT2D eigenvalue weighted by molar-refractivity contribution is 6.46. The molecule has 0 fully saturated rings. The largest absolute Gasteiger partial charge is 0.497 e. The van der Waals surface area contributed by atoms with Crippen molar-refractivity contribution in [3.05, 3.63) is 83.6 Å². The van der Waals surface area contributed by atoms with Crippen LogP contribution in [0, 0.1) is 6.92 Å². The zero-order chi connectivity index (χ0) is 23.5. The summed E-state index contributed by atoms with van der Waals surface area (Å²) >= 11 is 0. The maximum atomic E-state index is 13.7. The molecule has 33 heavy (non-hydrogen) atoms. The number of nitrogens with zero attached hydrogens (tertiary/aromatic N) is 1. The molecule has 0 unspecified atom stereocenters. The van der Waals surface area contributed by atoms with Gasteiger partial charge in [-0.2, -0.15) is 0 Å². The molecule has 0 saturated heterocycles.